The maximum Gasteiger partial charge on any atom is 0.573 e. The number of likely N-dealkylation sites (N-methyl/N-ethyl adjacent to an activating group) is 1. The Bertz CT molecular complexity index is 1300. The highest BCUT2D eigenvalue weighted by Crippen LogP contribution is 2.29. The maximum atomic E-state index is 13.0. The molecule has 1 saturated heterocycles. The van der Waals surface area contributed by atoms with E-state index in [9.17, 15) is 22.8 Å². The monoisotopic (exact) mass is 548 g/mol. The van der Waals surface area contributed by atoms with E-state index >= 15 is 0 Å². The normalized spacial score (nSPS) is 14.7. The average molecular weight is 549 g/mol. The summed E-state index contributed by atoms with van der Waals surface area (Å²) >= 11 is 6.18. The number of nitrogens with zero attached hydrogens (tertiary/aromatic N) is 4. The molecule has 4 rings (SSSR count). The zero-order valence-corrected chi connectivity index (χ0v) is 21.0. The van der Waals surface area contributed by atoms with Crippen LogP contribution in [0.5, 0.6) is 5.75 Å². The van der Waals surface area contributed by atoms with Crippen molar-refractivity contribution in [2.24, 2.45) is 0 Å². The fourth-order valence-electron chi connectivity index (χ4n) is 3.80. The summed E-state index contributed by atoms with van der Waals surface area (Å²) in [4.78, 5) is 38.2. The van der Waals surface area contributed by atoms with Crippen LogP contribution in [0.15, 0.2) is 54.9 Å². The van der Waals surface area contributed by atoms with Crippen molar-refractivity contribution in [2.75, 3.05) is 50.4 Å². The molecule has 2 N–H and O–H groups in total. The highest BCUT2D eigenvalue weighted by molar-refractivity contribution is 6.33. The smallest absolute Gasteiger partial charge is 0.406 e. The van der Waals surface area contributed by atoms with Crippen LogP contribution in [0.1, 0.15) is 10.4 Å². The lowest BCUT2D eigenvalue weighted by Crippen LogP contribution is -2.47. The highest BCUT2D eigenvalue weighted by Gasteiger charge is 2.31. The van der Waals surface area contributed by atoms with Crippen molar-refractivity contribution < 1.29 is 27.5 Å². The van der Waals surface area contributed by atoms with Crippen LogP contribution in [-0.2, 0) is 4.79 Å². The van der Waals surface area contributed by atoms with Crippen LogP contribution in [0, 0.1) is 0 Å². The zero-order valence-electron chi connectivity index (χ0n) is 20.3. The third kappa shape index (κ3) is 7.40. The first-order valence-corrected chi connectivity index (χ1v) is 11.9. The zero-order chi connectivity index (χ0) is 27.3. The topological polar surface area (TPSA) is 99.7 Å². The summed E-state index contributed by atoms with van der Waals surface area (Å²) in [6.07, 6.45) is -2.19. The van der Waals surface area contributed by atoms with Crippen molar-refractivity contribution >= 4 is 34.9 Å². The number of anilines is 2. The van der Waals surface area contributed by atoms with Crippen LogP contribution in [0.3, 0.4) is 0 Å². The first-order valence-electron chi connectivity index (χ1n) is 11.6. The Hall–Kier alpha value is -3.74. The third-order valence-corrected chi connectivity index (χ3v) is 6.08. The lowest BCUT2D eigenvalue weighted by molar-refractivity contribution is -0.274. The number of benzene rings is 2. The summed E-state index contributed by atoms with van der Waals surface area (Å²) in [6, 6.07) is 10.1. The quantitative estimate of drug-likeness (QED) is 0.458. The van der Waals surface area contributed by atoms with E-state index in [4.69, 9.17) is 11.6 Å². The molecule has 1 fully saturated rings. The molecule has 2 amide bonds. The summed E-state index contributed by atoms with van der Waals surface area (Å²) in [5.41, 5.74) is 0.927. The summed E-state index contributed by atoms with van der Waals surface area (Å²) in [6.45, 7) is 2.92. The SMILES string of the molecule is CN1CCN(CC(=O)Nc2cc(OC(F)(F)F)ccc2C(=O)Nc2cnc(-c3ccccc3Cl)cn2)CC1. The molecule has 1 aromatic heterocycles. The average Bonchev–Trinajstić information content (AvgIpc) is 2.85. The predicted molar refractivity (Wildman–Crippen MR) is 136 cm³/mol. The molecule has 200 valence electrons. The molecule has 2 heterocycles. The summed E-state index contributed by atoms with van der Waals surface area (Å²) in [7, 11) is 1.98. The Morgan fingerprint density at radius 1 is 1.03 bits per heavy atom. The molecule has 1 aliphatic rings. The van der Waals surface area contributed by atoms with Crippen LogP contribution in [-0.4, -0.2) is 77.7 Å². The first kappa shape index (κ1) is 27.3. The Morgan fingerprint density at radius 3 is 2.42 bits per heavy atom. The second-order valence-corrected chi connectivity index (χ2v) is 9.01. The number of ether oxygens (including phenoxy) is 1. The van der Waals surface area contributed by atoms with Crippen molar-refractivity contribution in [3.05, 3.63) is 65.4 Å². The molecule has 2 aromatic carbocycles. The lowest BCUT2D eigenvalue weighted by atomic mass is 10.1. The van der Waals surface area contributed by atoms with E-state index in [1.807, 2.05) is 11.9 Å². The summed E-state index contributed by atoms with van der Waals surface area (Å²) < 4.78 is 42.3. The van der Waals surface area contributed by atoms with E-state index in [1.54, 1.807) is 24.3 Å². The molecule has 0 radical (unpaired) electrons. The third-order valence-electron chi connectivity index (χ3n) is 5.75. The molecule has 9 nitrogen and oxygen atoms in total. The number of piperazine rings is 1. The fourth-order valence-corrected chi connectivity index (χ4v) is 4.04. The van der Waals surface area contributed by atoms with Gasteiger partial charge in [0.15, 0.2) is 5.82 Å². The molecule has 0 atom stereocenters. The number of rotatable bonds is 7. The molecular formula is C25H24ClF3N6O3. The number of halogens is 4. The number of alkyl halides is 3. The minimum absolute atomic E-state index is 0.0221. The van der Waals surface area contributed by atoms with Crippen molar-refractivity contribution in [3.8, 4) is 17.0 Å². The number of hydrogen-bond donors (Lipinski definition) is 2. The largest absolute Gasteiger partial charge is 0.573 e. The van der Waals surface area contributed by atoms with E-state index in [2.05, 4.69) is 30.2 Å². The standard InChI is InChI=1S/C25H24ClF3N6O3/c1-34-8-10-35(11-9-34)15-23(36)32-20-12-16(38-25(27,28)29)6-7-18(20)24(37)33-22-14-30-21(13-31-22)17-4-2-3-5-19(17)26/h2-7,12-14H,8-11,15H2,1H3,(H,32,36)(H,31,33,37). The van der Waals surface area contributed by atoms with Crippen molar-refractivity contribution in [3.63, 3.8) is 0 Å². The van der Waals surface area contributed by atoms with Crippen molar-refractivity contribution in [1.82, 2.24) is 19.8 Å². The Morgan fingerprint density at radius 2 is 1.76 bits per heavy atom. The molecule has 0 saturated carbocycles. The fraction of sp³-hybridized carbons (Fsp3) is 0.280. The van der Waals surface area contributed by atoms with Gasteiger partial charge in [-0.3, -0.25) is 19.5 Å². The molecule has 0 aliphatic carbocycles. The van der Waals surface area contributed by atoms with Gasteiger partial charge in [-0.1, -0.05) is 29.8 Å². The van der Waals surface area contributed by atoms with Gasteiger partial charge in [0.25, 0.3) is 5.91 Å². The minimum Gasteiger partial charge on any atom is -0.406 e. The van der Waals surface area contributed by atoms with E-state index in [-0.39, 0.29) is 23.6 Å². The van der Waals surface area contributed by atoms with Gasteiger partial charge in [0.05, 0.1) is 40.9 Å². The van der Waals surface area contributed by atoms with Gasteiger partial charge in [0.1, 0.15) is 5.75 Å². The van der Waals surface area contributed by atoms with Crippen LogP contribution >= 0.6 is 11.6 Å². The molecule has 0 bridgehead atoms. The van der Waals surface area contributed by atoms with Crippen molar-refractivity contribution in [2.45, 2.75) is 6.36 Å². The highest BCUT2D eigenvalue weighted by atomic mass is 35.5. The van der Waals surface area contributed by atoms with Gasteiger partial charge in [0, 0.05) is 37.8 Å². The number of nitrogens with one attached hydrogen (secondary N) is 2. The number of hydrogen-bond acceptors (Lipinski definition) is 7. The number of amides is 2. The second kappa shape index (κ2) is 11.8. The van der Waals surface area contributed by atoms with Gasteiger partial charge >= 0.3 is 6.36 Å². The first-order chi connectivity index (χ1) is 18.1. The number of carbonyl (C=O) groups excluding carboxylic acids is 2. The molecular weight excluding hydrogens is 525 g/mol. The molecule has 3 aromatic rings. The Labute approximate surface area is 221 Å². The van der Waals surface area contributed by atoms with Crippen LogP contribution < -0.4 is 15.4 Å². The van der Waals surface area contributed by atoms with Gasteiger partial charge in [-0.2, -0.15) is 0 Å². The molecule has 1 aliphatic heterocycles. The molecule has 0 unspecified atom stereocenters. The molecule has 38 heavy (non-hydrogen) atoms. The summed E-state index contributed by atoms with van der Waals surface area (Å²) in [5.74, 6) is -1.67. The molecule has 13 heteroatoms. The van der Waals surface area contributed by atoms with Gasteiger partial charge in [-0.25, -0.2) is 4.98 Å². The summed E-state index contributed by atoms with van der Waals surface area (Å²) in [5, 5.41) is 5.57. The minimum atomic E-state index is -4.94. The predicted octanol–water partition coefficient (Wildman–Crippen LogP) is 4.13. The van der Waals surface area contributed by atoms with Crippen LogP contribution in [0.4, 0.5) is 24.7 Å². The van der Waals surface area contributed by atoms with Gasteiger partial charge < -0.3 is 20.3 Å². The van der Waals surface area contributed by atoms with E-state index in [0.29, 0.717) is 29.4 Å². The van der Waals surface area contributed by atoms with E-state index < -0.39 is 23.9 Å². The van der Waals surface area contributed by atoms with Crippen LogP contribution in [0.2, 0.25) is 5.02 Å². The number of carbonyl (C=O) groups is 2. The van der Waals surface area contributed by atoms with Gasteiger partial charge in [-0.05, 0) is 25.2 Å². The van der Waals surface area contributed by atoms with Crippen molar-refractivity contribution in [1.29, 1.82) is 0 Å². The van der Waals surface area contributed by atoms with Gasteiger partial charge in [-0.15, -0.1) is 13.2 Å². The van der Waals surface area contributed by atoms with Crippen LogP contribution in [0.25, 0.3) is 11.3 Å². The lowest BCUT2D eigenvalue weighted by Gasteiger charge is -2.31. The van der Waals surface area contributed by atoms with E-state index in [1.165, 1.54) is 12.4 Å². The van der Waals surface area contributed by atoms with E-state index in [0.717, 1.165) is 31.3 Å². The Balaban J connectivity index is 1.51. The number of aromatic nitrogens is 2. The van der Waals surface area contributed by atoms with Gasteiger partial charge in [0.2, 0.25) is 5.91 Å². The molecule has 0 spiro atoms. The second-order valence-electron chi connectivity index (χ2n) is 8.60. The maximum absolute atomic E-state index is 13.0. The Kier molecular flexibility index (Phi) is 8.45.